The first kappa shape index (κ1) is 20.3. The summed E-state index contributed by atoms with van der Waals surface area (Å²) >= 11 is 0. The van der Waals surface area contributed by atoms with E-state index in [4.69, 9.17) is 14.5 Å². The van der Waals surface area contributed by atoms with Crippen molar-refractivity contribution in [2.75, 3.05) is 14.2 Å². The fraction of sp³-hybridized carbons (Fsp3) is 0.222. The highest BCUT2D eigenvalue weighted by atomic mass is 16.5. The molecule has 0 saturated heterocycles. The lowest BCUT2D eigenvalue weighted by Gasteiger charge is -2.32. The van der Waals surface area contributed by atoms with Gasteiger partial charge in [-0.2, -0.15) is 0 Å². The summed E-state index contributed by atoms with van der Waals surface area (Å²) in [5, 5.41) is 7.10. The second-order valence-corrected chi connectivity index (χ2v) is 8.13. The first-order valence-electron chi connectivity index (χ1n) is 10.8. The Morgan fingerprint density at radius 2 is 1.72 bits per heavy atom. The van der Waals surface area contributed by atoms with Gasteiger partial charge in [0.05, 0.1) is 20.3 Å². The van der Waals surface area contributed by atoms with Gasteiger partial charge in [-0.15, -0.1) is 0 Å². The number of hydrazine groups is 1. The van der Waals surface area contributed by atoms with E-state index in [1.165, 1.54) is 21.9 Å². The Labute approximate surface area is 188 Å². The van der Waals surface area contributed by atoms with Crippen LogP contribution in [0.25, 0.3) is 16.3 Å². The highest BCUT2D eigenvalue weighted by Crippen LogP contribution is 2.42. The summed E-state index contributed by atoms with van der Waals surface area (Å²) in [6.07, 6.45) is 4.18. The third-order valence-electron chi connectivity index (χ3n) is 6.25. The van der Waals surface area contributed by atoms with Crippen LogP contribution in [0.1, 0.15) is 25.0 Å². The summed E-state index contributed by atoms with van der Waals surface area (Å²) in [6, 6.07) is 21.3. The molecule has 0 bridgehead atoms. The Bertz CT molecular complexity index is 1270. The maximum Gasteiger partial charge on any atom is 0.161 e. The van der Waals surface area contributed by atoms with Gasteiger partial charge < -0.3 is 9.47 Å². The molecule has 3 aromatic carbocycles. The predicted octanol–water partition coefficient (Wildman–Crippen LogP) is 5.64. The topological polar surface area (TPSA) is 37.3 Å². The lowest BCUT2D eigenvalue weighted by Crippen LogP contribution is -2.38. The molecule has 5 heteroatoms. The first-order chi connectivity index (χ1) is 15.6. The van der Waals surface area contributed by atoms with Crippen molar-refractivity contribution in [1.29, 1.82) is 0 Å². The molecule has 0 fully saturated rings. The van der Waals surface area contributed by atoms with Crippen LogP contribution in [0.4, 0.5) is 0 Å². The fourth-order valence-electron chi connectivity index (χ4n) is 4.61. The molecule has 5 nitrogen and oxygen atoms in total. The molecule has 0 aromatic heterocycles. The molecule has 0 radical (unpaired) electrons. The van der Waals surface area contributed by atoms with Gasteiger partial charge in [0.2, 0.25) is 0 Å². The lowest BCUT2D eigenvalue weighted by molar-refractivity contribution is 0.0474. The third kappa shape index (κ3) is 3.35. The molecule has 2 aliphatic rings. The van der Waals surface area contributed by atoms with Crippen LogP contribution in [-0.4, -0.2) is 36.0 Å². The summed E-state index contributed by atoms with van der Waals surface area (Å²) in [4.78, 5) is 4.93. The van der Waals surface area contributed by atoms with Crippen molar-refractivity contribution >= 4 is 22.1 Å². The summed E-state index contributed by atoms with van der Waals surface area (Å²) in [5.74, 6) is 2.40. The zero-order valence-corrected chi connectivity index (χ0v) is 18.9. The first-order valence-corrected chi connectivity index (χ1v) is 10.8. The van der Waals surface area contributed by atoms with Crippen LogP contribution in [0.5, 0.6) is 11.5 Å². The van der Waals surface area contributed by atoms with E-state index >= 15 is 0 Å². The lowest BCUT2D eigenvalue weighted by atomic mass is 9.98. The minimum absolute atomic E-state index is 0.126. The number of rotatable bonds is 5. The van der Waals surface area contributed by atoms with E-state index in [9.17, 15) is 0 Å². The zero-order valence-electron chi connectivity index (χ0n) is 18.9. The standard InChI is InChI=1S/C27H27N3O2/c1-18-14-15-29-27(28-18)26(21-12-13-24(31-3)25(16-21)32-4)19(2)30(29)17-22-10-7-9-20-8-5-6-11-23(20)22/h5-16,19H,17H2,1-4H3. The van der Waals surface area contributed by atoms with Crippen LogP contribution in [0.2, 0.25) is 0 Å². The molecule has 0 aliphatic carbocycles. The maximum absolute atomic E-state index is 5.57. The molecule has 32 heavy (non-hydrogen) atoms. The largest absolute Gasteiger partial charge is 0.493 e. The van der Waals surface area contributed by atoms with Crippen LogP contribution in [0.3, 0.4) is 0 Å². The maximum atomic E-state index is 5.57. The number of hydrogen-bond donors (Lipinski definition) is 0. The van der Waals surface area contributed by atoms with Crippen LogP contribution in [0.15, 0.2) is 83.8 Å². The molecule has 1 atom stereocenters. The quantitative estimate of drug-likeness (QED) is 0.531. The van der Waals surface area contributed by atoms with Crippen LogP contribution in [-0.2, 0) is 6.54 Å². The SMILES string of the molecule is COc1ccc(C2=C3N=C(C)C=CN3N(Cc3cccc4ccccc34)C2C)cc1OC. The van der Waals surface area contributed by atoms with Crippen molar-refractivity contribution < 1.29 is 9.47 Å². The van der Waals surface area contributed by atoms with Crippen LogP contribution in [0, 0.1) is 0 Å². The van der Waals surface area contributed by atoms with Crippen molar-refractivity contribution in [2.24, 2.45) is 4.99 Å². The summed E-state index contributed by atoms with van der Waals surface area (Å²) < 4.78 is 11.0. The third-order valence-corrected chi connectivity index (χ3v) is 6.25. The number of nitrogens with zero attached hydrogens (tertiary/aromatic N) is 3. The Morgan fingerprint density at radius 3 is 2.53 bits per heavy atom. The fourth-order valence-corrected chi connectivity index (χ4v) is 4.61. The number of allylic oxidation sites excluding steroid dienone is 1. The number of fused-ring (bicyclic) bond motifs is 2. The summed E-state index contributed by atoms with van der Waals surface area (Å²) in [5.41, 5.74) is 4.55. The Hall–Kier alpha value is -3.57. The molecule has 3 aromatic rings. The average molecular weight is 426 g/mol. The minimum Gasteiger partial charge on any atom is -0.493 e. The van der Waals surface area contributed by atoms with Crippen LogP contribution >= 0.6 is 0 Å². The van der Waals surface area contributed by atoms with E-state index in [2.05, 4.69) is 77.7 Å². The summed E-state index contributed by atoms with van der Waals surface area (Å²) in [7, 11) is 3.33. The number of ether oxygens (including phenoxy) is 2. The molecule has 0 amide bonds. The Kier molecular flexibility index (Phi) is 5.19. The van der Waals surface area contributed by atoms with Crippen molar-refractivity contribution in [1.82, 2.24) is 10.0 Å². The smallest absolute Gasteiger partial charge is 0.161 e. The Morgan fingerprint density at radius 1 is 0.938 bits per heavy atom. The Balaban J connectivity index is 1.58. The van der Waals surface area contributed by atoms with Gasteiger partial charge in [0.1, 0.15) is 0 Å². The normalized spacial score (nSPS) is 18.2. The van der Waals surface area contributed by atoms with Crippen molar-refractivity contribution in [3.8, 4) is 11.5 Å². The second-order valence-electron chi connectivity index (χ2n) is 8.13. The van der Waals surface area contributed by atoms with Gasteiger partial charge in [0, 0.05) is 24.0 Å². The van der Waals surface area contributed by atoms with Gasteiger partial charge in [0.15, 0.2) is 17.3 Å². The highest BCUT2D eigenvalue weighted by Gasteiger charge is 2.37. The highest BCUT2D eigenvalue weighted by molar-refractivity contribution is 5.95. The molecule has 1 unspecified atom stereocenters. The van der Waals surface area contributed by atoms with E-state index < -0.39 is 0 Å². The molecule has 162 valence electrons. The van der Waals surface area contributed by atoms with Crippen molar-refractivity contribution in [2.45, 2.75) is 26.4 Å². The molecule has 2 aliphatic heterocycles. The number of methoxy groups -OCH3 is 2. The number of aliphatic imine (C=N–C) groups is 1. The number of hydrogen-bond acceptors (Lipinski definition) is 5. The van der Waals surface area contributed by atoms with Gasteiger partial charge >= 0.3 is 0 Å². The van der Waals surface area contributed by atoms with Gasteiger partial charge in [-0.05, 0) is 54.0 Å². The van der Waals surface area contributed by atoms with E-state index in [0.717, 1.165) is 35.1 Å². The molecular formula is C27H27N3O2. The van der Waals surface area contributed by atoms with Crippen LogP contribution < -0.4 is 9.47 Å². The van der Waals surface area contributed by atoms with E-state index in [1.807, 2.05) is 19.1 Å². The zero-order chi connectivity index (χ0) is 22.2. The van der Waals surface area contributed by atoms with Gasteiger partial charge in [0.25, 0.3) is 0 Å². The van der Waals surface area contributed by atoms with E-state index in [-0.39, 0.29) is 6.04 Å². The molecular weight excluding hydrogens is 398 g/mol. The molecule has 0 N–H and O–H groups in total. The predicted molar refractivity (Wildman–Crippen MR) is 130 cm³/mol. The molecule has 0 saturated carbocycles. The molecule has 0 spiro atoms. The van der Waals surface area contributed by atoms with Crippen molar-refractivity contribution in [3.63, 3.8) is 0 Å². The van der Waals surface area contributed by atoms with E-state index in [0.29, 0.717) is 0 Å². The van der Waals surface area contributed by atoms with Gasteiger partial charge in [-0.1, -0.05) is 48.5 Å². The molecule has 5 rings (SSSR count). The van der Waals surface area contributed by atoms with Gasteiger partial charge in [-0.25, -0.2) is 10.0 Å². The van der Waals surface area contributed by atoms with Crippen molar-refractivity contribution in [3.05, 3.63) is 89.9 Å². The minimum atomic E-state index is 0.126. The van der Waals surface area contributed by atoms with Gasteiger partial charge in [-0.3, -0.25) is 5.01 Å². The number of benzene rings is 3. The average Bonchev–Trinajstić information content (AvgIpc) is 3.09. The van der Waals surface area contributed by atoms with E-state index in [1.54, 1.807) is 14.2 Å². The second kappa shape index (κ2) is 8.17. The monoisotopic (exact) mass is 425 g/mol. The molecule has 2 heterocycles. The summed E-state index contributed by atoms with van der Waals surface area (Å²) in [6.45, 7) is 5.05.